The molecule has 3 aromatic rings. The monoisotopic (exact) mass is 339 g/mol. The van der Waals surface area contributed by atoms with E-state index in [4.69, 9.17) is 16.3 Å². The molecular weight excluding hydrogens is 322 g/mol. The van der Waals surface area contributed by atoms with Gasteiger partial charge >= 0.3 is 0 Å². The number of fused-ring (bicyclic) bond motifs is 2. The first-order chi connectivity index (χ1) is 11.7. The minimum Gasteiger partial charge on any atom is -0.494 e. The van der Waals surface area contributed by atoms with Crippen molar-refractivity contribution in [2.24, 2.45) is 0 Å². The lowest BCUT2D eigenvalue weighted by molar-refractivity contribution is 0.419. The van der Waals surface area contributed by atoms with Crippen LogP contribution >= 0.6 is 11.6 Å². The van der Waals surface area contributed by atoms with Crippen LogP contribution in [0, 0.1) is 0 Å². The van der Waals surface area contributed by atoms with Crippen molar-refractivity contribution in [1.82, 2.24) is 9.97 Å². The summed E-state index contributed by atoms with van der Waals surface area (Å²) in [7, 11) is 1.64. The van der Waals surface area contributed by atoms with Gasteiger partial charge in [-0.2, -0.15) is 4.98 Å². The Labute approximate surface area is 146 Å². The van der Waals surface area contributed by atoms with Gasteiger partial charge in [-0.15, -0.1) is 0 Å². The molecule has 2 heterocycles. The molecule has 0 amide bonds. The molecule has 1 aromatic heterocycles. The predicted octanol–water partition coefficient (Wildman–Crippen LogP) is 4.42. The molecule has 4 nitrogen and oxygen atoms in total. The summed E-state index contributed by atoms with van der Waals surface area (Å²) >= 11 is 6.22. The van der Waals surface area contributed by atoms with Crippen molar-refractivity contribution in [3.05, 3.63) is 58.9 Å². The van der Waals surface area contributed by atoms with Gasteiger partial charge in [0, 0.05) is 11.9 Å². The number of para-hydroxylation sites is 1. The van der Waals surface area contributed by atoms with E-state index in [9.17, 15) is 0 Å². The minimum atomic E-state index is 0.232. The lowest BCUT2D eigenvalue weighted by Gasteiger charge is -2.36. The van der Waals surface area contributed by atoms with Crippen LogP contribution in [0.3, 0.4) is 0 Å². The Kier molecular flexibility index (Phi) is 3.77. The normalized spacial score (nSPS) is 17.0. The summed E-state index contributed by atoms with van der Waals surface area (Å²) in [5, 5.41) is 1.21. The lowest BCUT2D eigenvalue weighted by atomic mass is 9.93. The Morgan fingerprint density at radius 2 is 1.96 bits per heavy atom. The van der Waals surface area contributed by atoms with E-state index in [1.807, 2.05) is 18.2 Å². The van der Waals surface area contributed by atoms with Gasteiger partial charge < -0.3 is 9.64 Å². The minimum absolute atomic E-state index is 0.232. The van der Waals surface area contributed by atoms with E-state index in [2.05, 4.69) is 46.1 Å². The molecule has 0 aliphatic carbocycles. The summed E-state index contributed by atoms with van der Waals surface area (Å²) in [5.74, 6) is 1.58. The fraction of sp³-hybridized carbons (Fsp3) is 0.263. The number of hydrogen-bond donors (Lipinski definition) is 0. The molecule has 0 fully saturated rings. The van der Waals surface area contributed by atoms with E-state index in [1.54, 1.807) is 7.11 Å². The molecule has 0 radical (unpaired) electrons. The predicted molar refractivity (Wildman–Crippen MR) is 97.0 cm³/mol. The van der Waals surface area contributed by atoms with Crippen LogP contribution < -0.4 is 9.64 Å². The quantitative estimate of drug-likeness (QED) is 0.648. The average Bonchev–Trinajstić information content (AvgIpc) is 2.61. The Morgan fingerprint density at radius 3 is 2.79 bits per heavy atom. The fourth-order valence-electron chi connectivity index (χ4n) is 3.53. The van der Waals surface area contributed by atoms with Gasteiger partial charge in [-0.05, 0) is 48.2 Å². The highest BCUT2D eigenvalue weighted by molar-refractivity contribution is 6.29. The second kappa shape index (κ2) is 5.95. The van der Waals surface area contributed by atoms with Gasteiger partial charge in [0.15, 0.2) is 0 Å². The fourth-order valence-corrected chi connectivity index (χ4v) is 3.69. The van der Waals surface area contributed by atoms with E-state index in [0.717, 1.165) is 29.7 Å². The second-order valence-electron chi connectivity index (χ2n) is 5.99. The van der Waals surface area contributed by atoms with Crippen molar-refractivity contribution in [2.75, 3.05) is 18.6 Å². The van der Waals surface area contributed by atoms with Crippen molar-refractivity contribution >= 4 is 28.3 Å². The van der Waals surface area contributed by atoms with E-state index in [-0.39, 0.29) is 11.3 Å². The standard InChI is InChI=1S/C19H18ClN3O/c1-12-14-7-4-3-6-13(14)10-11-23(12)18-15-8-5-9-16(24-2)17(15)21-19(20)22-18/h3-9,12H,10-11H2,1-2H3/t12-/m0/s1. The first kappa shape index (κ1) is 15.2. The van der Waals surface area contributed by atoms with Gasteiger partial charge in [0.1, 0.15) is 17.1 Å². The smallest absolute Gasteiger partial charge is 0.225 e. The first-order valence-electron chi connectivity index (χ1n) is 8.03. The number of hydrogen-bond acceptors (Lipinski definition) is 4. The third kappa shape index (κ3) is 2.38. The SMILES string of the molecule is COc1cccc2c(N3CCc4ccccc4[C@@H]3C)nc(Cl)nc12. The molecule has 0 spiro atoms. The number of methoxy groups -OCH3 is 1. The highest BCUT2D eigenvalue weighted by Crippen LogP contribution is 2.37. The second-order valence-corrected chi connectivity index (χ2v) is 6.33. The van der Waals surface area contributed by atoms with Crippen LogP contribution in [0.1, 0.15) is 24.1 Å². The third-order valence-electron chi connectivity index (χ3n) is 4.73. The van der Waals surface area contributed by atoms with E-state index < -0.39 is 0 Å². The molecule has 0 saturated heterocycles. The molecule has 24 heavy (non-hydrogen) atoms. The van der Waals surface area contributed by atoms with Crippen molar-refractivity contribution in [2.45, 2.75) is 19.4 Å². The third-order valence-corrected chi connectivity index (χ3v) is 4.90. The topological polar surface area (TPSA) is 38.2 Å². The number of halogens is 1. The van der Waals surface area contributed by atoms with Gasteiger partial charge in [-0.25, -0.2) is 4.98 Å². The number of nitrogens with zero attached hydrogens (tertiary/aromatic N) is 3. The Morgan fingerprint density at radius 1 is 1.12 bits per heavy atom. The van der Waals surface area contributed by atoms with Crippen molar-refractivity contribution in [3.63, 3.8) is 0 Å². The zero-order valence-corrected chi connectivity index (χ0v) is 14.4. The van der Waals surface area contributed by atoms with Gasteiger partial charge in [0.2, 0.25) is 5.28 Å². The summed E-state index contributed by atoms with van der Waals surface area (Å²) in [6.45, 7) is 3.11. The maximum atomic E-state index is 6.22. The van der Waals surface area contributed by atoms with E-state index in [0.29, 0.717) is 5.75 Å². The Bertz CT molecular complexity index is 912. The number of rotatable bonds is 2. The van der Waals surface area contributed by atoms with E-state index in [1.165, 1.54) is 11.1 Å². The Balaban J connectivity index is 1.88. The molecule has 0 bridgehead atoms. The number of ether oxygens (including phenoxy) is 1. The molecule has 1 aliphatic heterocycles. The maximum Gasteiger partial charge on any atom is 0.225 e. The largest absolute Gasteiger partial charge is 0.494 e. The maximum absolute atomic E-state index is 6.22. The van der Waals surface area contributed by atoms with Crippen molar-refractivity contribution < 1.29 is 4.74 Å². The van der Waals surface area contributed by atoms with Crippen LogP contribution in [0.15, 0.2) is 42.5 Å². The number of benzene rings is 2. The summed E-state index contributed by atoms with van der Waals surface area (Å²) in [4.78, 5) is 11.2. The molecule has 4 rings (SSSR count). The number of aromatic nitrogens is 2. The van der Waals surface area contributed by atoms with Crippen LogP contribution in [0.2, 0.25) is 5.28 Å². The summed E-state index contributed by atoms with van der Waals surface area (Å²) in [5.41, 5.74) is 3.50. The van der Waals surface area contributed by atoms with Gasteiger partial charge in [-0.3, -0.25) is 0 Å². The zero-order chi connectivity index (χ0) is 16.7. The van der Waals surface area contributed by atoms with Crippen molar-refractivity contribution in [3.8, 4) is 5.75 Å². The van der Waals surface area contributed by atoms with Gasteiger partial charge in [0.25, 0.3) is 0 Å². The molecule has 122 valence electrons. The number of anilines is 1. The molecule has 1 atom stereocenters. The highest BCUT2D eigenvalue weighted by atomic mass is 35.5. The van der Waals surface area contributed by atoms with Crippen LogP contribution in [-0.2, 0) is 6.42 Å². The highest BCUT2D eigenvalue weighted by Gasteiger charge is 2.26. The van der Waals surface area contributed by atoms with E-state index >= 15 is 0 Å². The molecule has 0 N–H and O–H groups in total. The molecule has 5 heteroatoms. The van der Waals surface area contributed by atoms with Gasteiger partial charge in [-0.1, -0.05) is 30.3 Å². The van der Waals surface area contributed by atoms with Crippen molar-refractivity contribution in [1.29, 1.82) is 0 Å². The van der Waals surface area contributed by atoms with Crippen LogP contribution in [0.5, 0.6) is 5.75 Å². The van der Waals surface area contributed by atoms with Crippen LogP contribution in [0.25, 0.3) is 10.9 Å². The Hall–Kier alpha value is -2.33. The summed E-state index contributed by atoms with van der Waals surface area (Å²) < 4.78 is 5.44. The molecular formula is C19H18ClN3O. The average molecular weight is 340 g/mol. The summed E-state index contributed by atoms with van der Waals surface area (Å²) in [6, 6.07) is 14.7. The zero-order valence-electron chi connectivity index (χ0n) is 13.7. The first-order valence-corrected chi connectivity index (χ1v) is 8.41. The summed E-state index contributed by atoms with van der Waals surface area (Å²) in [6.07, 6.45) is 0.994. The molecule has 0 unspecified atom stereocenters. The molecule has 0 saturated carbocycles. The van der Waals surface area contributed by atoms with Crippen LogP contribution in [-0.4, -0.2) is 23.6 Å². The molecule has 1 aliphatic rings. The van der Waals surface area contributed by atoms with Gasteiger partial charge in [0.05, 0.1) is 13.2 Å². The van der Waals surface area contributed by atoms with Crippen LogP contribution in [0.4, 0.5) is 5.82 Å². The molecule has 2 aromatic carbocycles. The lowest BCUT2D eigenvalue weighted by Crippen LogP contribution is -2.34.